The maximum Gasteiger partial charge on any atom is 0.142 e. The van der Waals surface area contributed by atoms with Crippen LogP contribution in [-0.2, 0) is 0 Å². The molecule has 0 aromatic heterocycles. The van der Waals surface area contributed by atoms with Crippen LogP contribution in [0.15, 0.2) is 12.1 Å². The van der Waals surface area contributed by atoms with Crippen LogP contribution >= 0.6 is 0 Å². The van der Waals surface area contributed by atoms with Crippen molar-refractivity contribution in [2.75, 3.05) is 26.6 Å². The fraction of sp³-hybridized carbons (Fsp3) is 0.300. The van der Waals surface area contributed by atoms with Crippen molar-refractivity contribution in [3.05, 3.63) is 17.7 Å². The molecule has 0 saturated heterocycles. The summed E-state index contributed by atoms with van der Waals surface area (Å²) in [6.45, 7) is 0. The van der Waals surface area contributed by atoms with E-state index < -0.39 is 0 Å². The first kappa shape index (κ1) is 10.2. The van der Waals surface area contributed by atoms with Gasteiger partial charge >= 0.3 is 0 Å². The van der Waals surface area contributed by atoms with E-state index in [1.807, 2.05) is 6.07 Å². The van der Waals surface area contributed by atoms with Crippen LogP contribution < -0.4 is 14.8 Å². The summed E-state index contributed by atoms with van der Waals surface area (Å²) in [5.41, 5.74) is 1.26. The zero-order chi connectivity index (χ0) is 10.6. The molecule has 1 aromatic rings. The van der Waals surface area contributed by atoms with Crippen LogP contribution in [0.25, 0.3) is 0 Å². The Morgan fingerprint density at radius 1 is 1.21 bits per heavy atom. The van der Waals surface area contributed by atoms with Gasteiger partial charge in [0.2, 0.25) is 0 Å². The van der Waals surface area contributed by atoms with Gasteiger partial charge < -0.3 is 14.8 Å². The van der Waals surface area contributed by atoms with E-state index in [1.165, 1.54) is 14.2 Å². The largest absolute Gasteiger partial charge is 0.495 e. The van der Waals surface area contributed by atoms with Crippen LogP contribution in [0.1, 0.15) is 5.56 Å². The Kier molecular flexibility index (Phi) is 3.19. The third kappa shape index (κ3) is 1.72. The molecule has 0 saturated carbocycles. The lowest BCUT2D eigenvalue weighted by molar-refractivity contribution is 0.392. The SMILES string of the molecule is CNc1cc(OC)c(C#N)c(OC)c1. The zero-order valence-electron chi connectivity index (χ0n) is 8.42. The van der Waals surface area contributed by atoms with Crippen LogP contribution in [0.4, 0.5) is 5.69 Å². The van der Waals surface area contributed by atoms with Gasteiger partial charge in [0, 0.05) is 24.9 Å². The van der Waals surface area contributed by atoms with E-state index in [2.05, 4.69) is 5.32 Å². The lowest BCUT2D eigenvalue weighted by Crippen LogP contribution is -1.96. The average molecular weight is 192 g/mol. The summed E-state index contributed by atoms with van der Waals surface area (Å²) in [5, 5.41) is 11.9. The second-order valence-electron chi connectivity index (χ2n) is 2.62. The van der Waals surface area contributed by atoms with E-state index in [4.69, 9.17) is 14.7 Å². The normalized spacial score (nSPS) is 9.00. The average Bonchev–Trinajstić information content (AvgIpc) is 2.26. The molecule has 0 bridgehead atoms. The standard InChI is InChI=1S/C10H12N2O2/c1-12-7-4-9(13-2)8(6-11)10(5-7)14-3/h4-5,12H,1-3H3. The summed E-state index contributed by atoms with van der Waals surface area (Å²) < 4.78 is 10.2. The Hall–Kier alpha value is -1.89. The van der Waals surface area contributed by atoms with E-state index in [0.29, 0.717) is 17.1 Å². The van der Waals surface area contributed by atoms with Gasteiger partial charge in [-0.05, 0) is 0 Å². The minimum atomic E-state index is 0.411. The number of rotatable bonds is 3. The molecule has 0 fully saturated rings. The van der Waals surface area contributed by atoms with Crippen molar-refractivity contribution in [2.45, 2.75) is 0 Å². The summed E-state index contributed by atoms with van der Waals surface area (Å²) >= 11 is 0. The number of methoxy groups -OCH3 is 2. The van der Waals surface area contributed by atoms with Crippen molar-refractivity contribution in [1.29, 1.82) is 5.26 Å². The molecule has 0 aliphatic carbocycles. The van der Waals surface area contributed by atoms with Crippen LogP contribution in [0.3, 0.4) is 0 Å². The molecule has 0 unspecified atom stereocenters. The molecule has 14 heavy (non-hydrogen) atoms. The molecular weight excluding hydrogens is 180 g/mol. The van der Waals surface area contributed by atoms with Gasteiger partial charge in [-0.1, -0.05) is 0 Å². The van der Waals surface area contributed by atoms with Gasteiger partial charge in [0.15, 0.2) is 0 Å². The molecule has 1 rings (SSSR count). The summed E-state index contributed by atoms with van der Waals surface area (Å²) in [6, 6.07) is 5.54. The highest BCUT2D eigenvalue weighted by Crippen LogP contribution is 2.31. The summed E-state index contributed by atoms with van der Waals surface area (Å²) in [6.07, 6.45) is 0. The Morgan fingerprint density at radius 3 is 2.00 bits per heavy atom. The van der Waals surface area contributed by atoms with Gasteiger partial charge in [-0.15, -0.1) is 0 Å². The molecule has 0 aliphatic rings. The molecule has 1 aromatic carbocycles. The maximum atomic E-state index is 8.89. The molecule has 74 valence electrons. The number of benzene rings is 1. The third-order valence-corrected chi connectivity index (χ3v) is 1.91. The fourth-order valence-electron chi connectivity index (χ4n) is 1.17. The number of nitriles is 1. The number of hydrogen-bond acceptors (Lipinski definition) is 4. The predicted molar refractivity (Wildman–Crippen MR) is 53.8 cm³/mol. The summed E-state index contributed by atoms with van der Waals surface area (Å²) in [7, 11) is 4.84. The second-order valence-corrected chi connectivity index (χ2v) is 2.62. The monoisotopic (exact) mass is 192 g/mol. The van der Waals surface area contributed by atoms with Crippen molar-refractivity contribution in [3.63, 3.8) is 0 Å². The van der Waals surface area contributed by atoms with E-state index in [9.17, 15) is 0 Å². The van der Waals surface area contributed by atoms with Crippen LogP contribution in [0.5, 0.6) is 11.5 Å². The van der Waals surface area contributed by atoms with Gasteiger partial charge in [0.1, 0.15) is 23.1 Å². The quantitative estimate of drug-likeness (QED) is 0.790. The Morgan fingerprint density at radius 2 is 1.71 bits per heavy atom. The van der Waals surface area contributed by atoms with Crippen molar-refractivity contribution >= 4 is 5.69 Å². The third-order valence-electron chi connectivity index (χ3n) is 1.91. The first-order valence-electron chi connectivity index (χ1n) is 4.10. The number of hydrogen-bond donors (Lipinski definition) is 1. The van der Waals surface area contributed by atoms with Gasteiger partial charge in [-0.25, -0.2) is 0 Å². The molecule has 4 nitrogen and oxygen atoms in total. The molecule has 0 heterocycles. The first-order valence-corrected chi connectivity index (χ1v) is 4.10. The lowest BCUT2D eigenvalue weighted by Gasteiger charge is -2.10. The highest BCUT2D eigenvalue weighted by Gasteiger charge is 2.10. The minimum Gasteiger partial charge on any atom is -0.495 e. The summed E-state index contributed by atoms with van der Waals surface area (Å²) in [4.78, 5) is 0. The molecule has 0 radical (unpaired) electrons. The Bertz CT molecular complexity index is 344. The van der Waals surface area contributed by atoms with Gasteiger partial charge in [-0.2, -0.15) is 5.26 Å². The molecule has 0 atom stereocenters. The topological polar surface area (TPSA) is 54.3 Å². The highest BCUT2D eigenvalue weighted by molar-refractivity contribution is 5.62. The molecule has 0 aliphatic heterocycles. The smallest absolute Gasteiger partial charge is 0.142 e. The molecule has 0 amide bonds. The summed E-state index contributed by atoms with van der Waals surface area (Å²) in [5.74, 6) is 1.02. The molecule has 1 N–H and O–H groups in total. The molecule has 0 spiro atoms. The van der Waals surface area contributed by atoms with Gasteiger partial charge in [0.25, 0.3) is 0 Å². The van der Waals surface area contributed by atoms with Crippen molar-refractivity contribution in [2.24, 2.45) is 0 Å². The van der Waals surface area contributed by atoms with E-state index in [-0.39, 0.29) is 0 Å². The number of ether oxygens (including phenoxy) is 2. The van der Waals surface area contributed by atoms with E-state index >= 15 is 0 Å². The van der Waals surface area contributed by atoms with Gasteiger partial charge in [0.05, 0.1) is 14.2 Å². The number of nitrogens with zero attached hydrogens (tertiary/aromatic N) is 1. The number of nitrogens with one attached hydrogen (secondary N) is 1. The molecule has 4 heteroatoms. The van der Waals surface area contributed by atoms with Crippen LogP contribution in [-0.4, -0.2) is 21.3 Å². The van der Waals surface area contributed by atoms with Crippen LogP contribution in [0, 0.1) is 11.3 Å². The Labute approximate surface area is 83.1 Å². The number of anilines is 1. The Balaban J connectivity index is 3.34. The van der Waals surface area contributed by atoms with Crippen molar-refractivity contribution in [3.8, 4) is 17.6 Å². The van der Waals surface area contributed by atoms with Crippen LogP contribution in [0.2, 0.25) is 0 Å². The first-order chi connectivity index (χ1) is 6.76. The zero-order valence-corrected chi connectivity index (χ0v) is 8.42. The predicted octanol–water partition coefficient (Wildman–Crippen LogP) is 1.62. The lowest BCUT2D eigenvalue weighted by atomic mass is 10.1. The second kappa shape index (κ2) is 4.38. The highest BCUT2D eigenvalue weighted by atomic mass is 16.5. The van der Waals surface area contributed by atoms with Crippen molar-refractivity contribution in [1.82, 2.24) is 0 Å². The van der Waals surface area contributed by atoms with E-state index in [1.54, 1.807) is 19.2 Å². The molecular formula is C10H12N2O2. The van der Waals surface area contributed by atoms with E-state index in [0.717, 1.165) is 5.69 Å². The minimum absolute atomic E-state index is 0.411. The van der Waals surface area contributed by atoms with Gasteiger partial charge in [-0.3, -0.25) is 0 Å². The fourth-order valence-corrected chi connectivity index (χ4v) is 1.17. The van der Waals surface area contributed by atoms with Crippen molar-refractivity contribution < 1.29 is 9.47 Å². The maximum absolute atomic E-state index is 8.89.